The van der Waals surface area contributed by atoms with Crippen LogP contribution in [0.3, 0.4) is 0 Å². The van der Waals surface area contributed by atoms with Gasteiger partial charge in [0.05, 0.1) is 6.54 Å². The van der Waals surface area contributed by atoms with E-state index >= 15 is 0 Å². The number of benzene rings is 3. The Kier molecular flexibility index (Phi) is 5.13. The number of carbonyl (C=O) groups excluding carboxylic acids is 1. The molecule has 0 saturated carbocycles. The van der Waals surface area contributed by atoms with E-state index in [1.165, 1.54) is 27.4 Å². The number of carbonyl (C=O) groups is 1. The molecular weight excluding hydrogens is 346 g/mol. The van der Waals surface area contributed by atoms with Crippen LogP contribution in [-0.2, 0) is 11.3 Å². The van der Waals surface area contributed by atoms with Gasteiger partial charge in [-0.05, 0) is 43.7 Å². The van der Waals surface area contributed by atoms with Crippen molar-refractivity contribution in [2.24, 2.45) is 0 Å². The summed E-state index contributed by atoms with van der Waals surface area (Å²) in [5.74, 6) is -0.0404. The molecule has 0 spiro atoms. The van der Waals surface area contributed by atoms with Gasteiger partial charge in [0.25, 0.3) is 0 Å². The first kappa shape index (κ1) is 18.3. The number of anilines is 1. The Balaban J connectivity index is 1.50. The molecule has 28 heavy (non-hydrogen) atoms. The number of nitrogens with one attached hydrogen (secondary N) is 2. The third-order valence-electron chi connectivity index (χ3n) is 5.24. The molecule has 4 nitrogen and oxygen atoms in total. The van der Waals surface area contributed by atoms with Crippen LogP contribution in [-0.4, -0.2) is 17.0 Å². The van der Waals surface area contributed by atoms with Gasteiger partial charge < -0.3 is 15.2 Å². The van der Waals surface area contributed by atoms with Gasteiger partial charge in [0, 0.05) is 40.1 Å². The Hall–Kier alpha value is -3.11. The zero-order chi connectivity index (χ0) is 19.5. The summed E-state index contributed by atoms with van der Waals surface area (Å²) >= 11 is 0. The lowest BCUT2D eigenvalue weighted by Crippen LogP contribution is -2.30. The molecular formula is C24H25N3O. The molecule has 4 rings (SSSR count). The van der Waals surface area contributed by atoms with Crippen LogP contribution in [0, 0.1) is 0 Å². The molecule has 1 amide bonds. The first-order valence-electron chi connectivity index (χ1n) is 9.76. The van der Waals surface area contributed by atoms with Gasteiger partial charge in [-0.2, -0.15) is 0 Å². The van der Waals surface area contributed by atoms with Crippen LogP contribution in [0.5, 0.6) is 0 Å². The summed E-state index contributed by atoms with van der Waals surface area (Å²) in [6, 6.07) is 24.8. The lowest BCUT2D eigenvalue weighted by atomic mass is 10.1. The summed E-state index contributed by atoms with van der Waals surface area (Å²) in [5, 5.41) is 8.69. The largest absolute Gasteiger partial charge is 0.341 e. The first-order chi connectivity index (χ1) is 13.7. The molecule has 1 unspecified atom stereocenters. The molecule has 3 aromatic carbocycles. The maximum absolute atomic E-state index is 12.4. The van der Waals surface area contributed by atoms with Crippen LogP contribution >= 0.6 is 0 Å². The fraction of sp³-hybridized carbons (Fsp3) is 0.208. The molecule has 142 valence electrons. The monoisotopic (exact) mass is 371 g/mol. The Morgan fingerprint density at radius 2 is 1.64 bits per heavy atom. The number of hydrogen-bond donors (Lipinski definition) is 2. The second-order valence-corrected chi connectivity index (χ2v) is 7.05. The maximum Gasteiger partial charge on any atom is 0.238 e. The highest BCUT2D eigenvalue weighted by molar-refractivity contribution is 6.09. The van der Waals surface area contributed by atoms with Crippen LogP contribution in [0.4, 0.5) is 5.69 Å². The average Bonchev–Trinajstić information content (AvgIpc) is 3.05. The number of fused-ring (bicyclic) bond motifs is 3. The average molecular weight is 371 g/mol. The Bertz CT molecular complexity index is 1110. The van der Waals surface area contributed by atoms with E-state index < -0.39 is 0 Å². The molecule has 0 aliphatic carbocycles. The van der Waals surface area contributed by atoms with Gasteiger partial charge in [0.2, 0.25) is 5.91 Å². The molecule has 0 aliphatic rings. The molecule has 2 N–H and O–H groups in total. The topological polar surface area (TPSA) is 46.1 Å². The predicted molar refractivity (Wildman–Crippen MR) is 117 cm³/mol. The van der Waals surface area contributed by atoms with Crippen molar-refractivity contribution >= 4 is 33.4 Å². The number of nitrogens with zero attached hydrogens (tertiary/aromatic N) is 1. The number of aryl methyl sites for hydroxylation is 1. The molecule has 0 aliphatic heterocycles. The van der Waals surface area contributed by atoms with Crippen molar-refractivity contribution in [3.8, 4) is 0 Å². The minimum Gasteiger partial charge on any atom is -0.341 e. The predicted octanol–water partition coefficient (Wildman–Crippen LogP) is 5.10. The van der Waals surface area contributed by atoms with E-state index in [0.717, 1.165) is 12.2 Å². The number of rotatable bonds is 6. The molecule has 1 aromatic heterocycles. The van der Waals surface area contributed by atoms with E-state index in [-0.39, 0.29) is 18.5 Å². The zero-order valence-electron chi connectivity index (χ0n) is 16.3. The van der Waals surface area contributed by atoms with Crippen molar-refractivity contribution in [3.05, 3.63) is 78.4 Å². The second kappa shape index (κ2) is 7.87. The lowest BCUT2D eigenvalue weighted by molar-refractivity contribution is -0.115. The molecule has 4 heteroatoms. The maximum atomic E-state index is 12.4. The van der Waals surface area contributed by atoms with Crippen molar-refractivity contribution < 1.29 is 4.79 Å². The van der Waals surface area contributed by atoms with Gasteiger partial charge in [0.1, 0.15) is 0 Å². The van der Waals surface area contributed by atoms with E-state index in [4.69, 9.17) is 0 Å². The Labute approximate surface area is 165 Å². The van der Waals surface area contributed by atoms with Crippen LogP contribution in [0.2, 0.25) is 0 Å². The van der Waals surface area contributed by atoms with E-state index in [2.05, 4.69) is 77.6 Å². The van der Waals surface area contributed by atoms with Gasteiger partial charge in [0.15, 0.2) is 0 Å². The summed E-state index contributed by atoms with van der Waals surface area (Å²) in [5.41, 5.74) is 4.41. The summed E-state index contributed by atoms with van der Waals surface area (Å²) in [6.45, 7) is 5.40. The number of para-hydroxylation sites is 1. The molecule has 1 heterocycles. The molecule has 0 bridgehead atoms. The third kappa shape index (κ3) is 3.51. The number of hydrogen-bond acceptors (Lipinski definition) is 2. The van der Waals surface area contributed by atoms with Crippen molar-refractivity contribution in [1.29, 1.82) is 0 Å². The third-order valence-corrected chi connectivity index (χ3v) is 5.24. The number of aromatic nitrogens is 1. The molecule has 0 saturated heterocycles. The van der Waals surface area contributed by atoms with Crippen LogP contribution in [0.15, 0.2) is 72.8 Å². The highest BCUT2D eigenvalue weighted by Crippen LogP contribution is 2.30. The Morgan fingerprint density at radius 3 is 2.43 bits per heavy atom. The standard InChI is InChI=1S/C24H25N3O/c1-3-27-22-12-8-7-11-20(22)21-15-19(13-14-23(21)27)26-24(28)16-25-17(2)18-9-5-4-6-10-18/h4-15,17,25H,3,16H2,1-2H3,(H,26,28). The van der Waals surface area contributed by atoms with Crippen LogP contribution in [0.25, 0.3) is 21.8 Å². The smallest absolute Gasteiger partial charge is 0.238 e. The van der Waals surface area contributed by atoms with E-state index in [1.54, 1.807) is 0 Å². The molecule has 0 radical (unpaired) electrons. The summed E-state index contributed by atoms with van der Waals surface area (Å²) < 4.78 is 2.30. The van der Waals surface area contributed by atoms with Gasteiger partial charge in [-0.1, -0.05) is 48.5 Å². The molecule has 1 atom stereocenters. The quantitative estimate of drug-likeness (QED) is 0.495. The zero-order valence-corrected chi connectivity index (χ0v) is 16.3. The SMILES string of the molecule is CCn1c2ccccc2c2cc(NC(=O)CNC(C)c3ccccc3)ccc21. The van der Waals surface area contributed by atoms with Gasteiger partial charge in [-0.15, -0.1) is 0 Å². The minimum absolute atomic E-state index is 0.0404. The van der Waals surface area contributed by atoms with Crippen LogP contribution < -0.4 is 10.6 Å². The lowest BCUT2D eigenvalue weighted by Gasteiger charge is -2.14. The van der Waals surface area contributed by atoms with E-state index in [1.807, 2.05) is 24.3 Å². The normalized spacial score (nSPS) is 12.4. The van der Waals surface area contributed by atoms with E-state index in [9.17, 15) is 4.79 Å². The van der Waals surface area contributed by atoms with Gasteiger partial charge in [-0.3, -0.25) is 4.79 Å². The Morgan fingerprint density at radius 1 is 0.929 bits per heavy atom. The van der Waals surface area contributed by atoms with Crippen LogP contribution in [0.1, 0.15) is 25.5 Å². The van der Waals surface area contributed by atoms with Crippen molar-refractivity contribution in [3.63, 3.8) is 0 Å². The van der Waals surface area contributed by atoms with Crippen molar-refractivity contribution in [2.75, 3.05) is 11.9 Å². The summed E-state index contributed by atoms with van der Waals surface area (Å²) in [4.78, 5) is 12.4. The number of amides is 1. The minimum atomic E-state index is -0.0404. The fourth-order valence-electron chi connectivity index (χ4n) is 3.78. The van der Waals surface area contributed by atoms with Crippen molar-refractivity contribution in [1.82, 2.24) is 9.88 Å². The van der Waals surface area contributed by atoms with Crippen molar-refractivity contribution in [2.45, 2.75) is 26.4 Å². The first-order valence-corrected chi connectivity index (χ1v) is 9.76. The second-order valence-electron chi connectivity index (χ2n) is 7.05. The summed E-state index contributed by atoms with van der Waals surface area (Å²) in [7, 11) is 0. The van der Waals surface area contributed by atoms with E-state index in [0.29, 0.717) is 0 Å². The fourth-order valence-corrected chi connectivity index (χ4v) is 3.78. The summed E-state index contributed by atoms with van der Waals surface area (Å²) in [6.07, 6.45) is 0. The van der Waals surface area contributed by atoms with Gasteiger partial charge >= 0.3 is 0 Å². The van der Waals surface area contributed by atoms with Gasteiger partial charge in [-0.25, -0.2) is 0 Å². The molecule has 0 fully saturated rings. The molecule has 4 aromatic rings. The highest BCUT2D eigenvalue weighted by atomic mass is 16.1. The highest BCUT2D eigenvalue weighted by Gasteiger charge is 2.11.